The molecule has 0 aromatic heterocycles. The molecule has 1 heteroatoms. The van der Waals surface area contributed by atoms with Crippen LogP contribution < -0.4 is 0 Å². The molecule has 1 aliphatic heterocycles. The SMILES string of the molecule is CCCCCCCCC/C=C/C/C=C/CC1OC1CC. The zero-order valence-electron chi connectivity index (χ0n) is 13.7. The van der Waals surface area contributed by atoms with Crippen molar-refractivity contribution in [2.75, 3.05) is 0 Å². The minimum absolute atomic E-state index is 0.521. The average Bonchev–Trinajstić information content (AvgIpc) is 3.22. The molecule has 0 saturated carbocycles. The van der Waals surface area contributed by atoms with Crippen molar-refractivity contribution in [1.29, 1.82) is 0 Å². The first-order valence-corrected chi connectivity index (χ1v) is 8.84. The van der Waals surface area contributed by atoms with Gasteiger partial charge in [0.2, 0.25) is 0 Å². The molecular weight excluding hydrogens is 244 g/mol. The van der Waals surface area contributed by atoms with Crippen molar-refractivity contribution in [2.24, 2.45) is 0 Å². The summed E-state index contributed by atoms with van der Waals surface area (Å²) >= 11 is 0. The summed E-state index contributed by atoms with van der Waals surface area (Å²) in [5.74, 6) is 0. The van der Waals surface area contributed by atoms with Gasteiger partial charge in [-0.1, -0.05) is 76.7 Å². The Hall–Kier alpha value is -0.560. The second-order valence-electron chi connectivity index (χ2n) is 5.95. The first-order valence-electron chi connectivity index (χ1n) is 8.84. The largest absolute Gasteiger partial charge is 0.369 e. The number of hydrogen-bond acceptors (Lipinski definition) is 1. The third-order valence-corrected chi connectivity index (χ3v) is 4.04. The highest BCUT2D eigenvalue weighted by atomic mass is 16.6. The van der Waals surface area contributed by atoms with E-state index in [1.54, 1.807) is 0 Å². The summed E-state index contributed by atoms with van der Waals surface area (Å²) in [5.41, 5.74) is 0. The predicted molar refractivity (Wildman–Crippen MR) is 89.1 cm³/mol. The van der Waals surface area contributed by atoms with Crippen molar-refractivity contribution in [3.8, 4) is 0 Å². The van der Waals surface area contributed by atoms with E-state index in [1.165, 1.54) is 51.4 Å². The first-order chi connectivity index (χ1) is 9.88. The van der Waals surface area contributed by atoms with Gasteiger partial charge in [0.1, 0.15) is 0 Å². The molecule has 1 rings (SSSR count). The van der Waals surface area contributed by atoms with Crippen molar-refractivity contribution in [3.05, 3.63) is 24.3 Å². The standard InChI is InChI=1S/C19H34O/c1-3-5-6-7-8-9-10-11-12-13-14-15-16-17-19-18(4-2)20-19/h12-13,15-16,18-19H,3-11,14,17H2,1-2H3/b13-12+,16-15+. The van der Waals surface area contributed by atoms with Crippen LogP contribution >= 0.6 is 0 Å². The lowest BCUT2D eigenvalue weighted by Crippen LogP contribution is -1.88. The Bertz CT molecular complexity index is 267. The fourth-order valence-corrected chi connectivity index (χ4v) is 2.58. The third-order valence-electron chi connectivity index (χ3n) is 4.04. The highest BCUT2D eigenvalue weighted by molar-refractivity contribution is 4.97. The van der Waals surface area contributed by atoms with Gasteiger partial charge in [0.05, 0.1) is 12.2 Å². The number of ether oxygens (including phenoxy) is 1. The lowest BCUT2D eigenvalue weighted by atomic mass is 10.1. The molecule has 2 atom stereocenters. The molecule has 0 bridgehead atoms. The second-order valence-corrected chi connectivity index (χ2v) is 5.95. The molecule has 0 amide bonds. The lowest BCUT2D eigenvalue weighted by molar-refractivity contribution is 0.367. The molecule has 0 aliphatic carbocycles. The van der Waals surface area contributed by atoms with Crippen LogP contribution in [-0.4, -0.2) is 12.2 Å². The number of unbranched alkanes of at least 4 members (excludes halogenated alkanes) is 7. The van der Waals surface area contributed by atoms with Gasteiger partial charge in [-0.2, -0.15) is 0 Å². The Kier molecular flexibility index (Phi) is 10.7. The van der Waals surface area contributed by atoms with Crippen LogP contribution in [0.25, 0.3) is 0 Å². The number of epoxide rings is 1. The summed E-state index contributed by atoms with van der Waals surface area (Å²) in [7, 11) is 0. The summed E-state index contributed by atoms with van der Waals surface area (Å²) in [5, 5.41) is 0. The maximum absolute atomic E-state index is 5.50. The van der Waals surface area contributed by atoms with Crippen LogP contribution in [0.2, 0.25) is 0 Å². The van der Waals surface area contributed by atoms with E-state index in [0.717, 1.165) is 19.3 Å². The normalized spacial score (nSPS) is 22.1. The van der Waals surface area contributed by atoms with Crippen LogP contribution in [-0.2, 0) is 4.74 Å². The van der Waals surface area contributed by atoms with Gasteiger partial charge in [-0.25, -0.2) is 0 Å². The van der Waals surface area contributed by atoms with Gasteiger partial charge in [0, 0.05) is 0 Å². The second kappa shape index (κ2) is 12.2. The van der Waals surface area contributed by atoms with Crippen molar-refractivity contribution in [1.82, 2.24) is 0 Å². The van der Waals surface area contributed by atoms with Crippen molar-refractivity contribution >= 4 is 0 Å². The van der Waals surface area contributed by atoms with Gasteiger partial charge in [0.15, 0.2) is 0 Å². The average molecular weight is 278 g/mol. The van der Waals surface area contributed by atoms with Gasteiger partial charge in [0.25, 0.3) is 0 Å². The molecule has 1 nitrogen and oxygen atoms in total. The van der Waals surface area contributed by atoms with Crippen LogP contribution in [0.1, 0.15) is 84.5 Å². The van der Waals surface area contributed by atoms with Crippen molar-refractivity contribution < 1.29 is 4.74 Å². The topological polar surface area (TPSA) is 12.5 Å². The molecule has 116 valence electrons. The van der Waals surface area contributed by atoms with E-state index < -0.39 is 0 Å². The van der Waals surface area contributed by atoms with Gasteiger partial charge in [-0.05, 0) is 32.1 Å². The minimum Gasteiger partial charge on any atom is -0.369 e. The molecule has 20 heavy (non-hydrogen) atoms. The van der Waals surface area contributed by atoms with Crippen LogP contribution in [0.15, 0.2) is 24.3 Å². The maximum atomic E-state index is 5.50. The Labute approximate surface area is 126 Å². The highest BCUT2D eigenvalue weighted by Crippen LogP contribution is 2.28. The van der Waals surface area contributed by atoms with E-state index in [-0.39, 0.29) is 0 Å². The highest BCUT2D eigenvalue weighted by Gasteiger charge is 2.35. The van der Waals surface area contributed by atoms with E-state index in [0.29, 0.717) is 12.2 Å². The Morgan fingerprint density at radius 1 is 0.750 bits per heavy atom. The van der Waals surface area contributed by atoms with Crippen molar-refractivity contribution in [3.63, 3.8) is 0 Å². The molecule has 1 heterocycles. The Morgan fingerprint density at radius 3 is 2.15 bits per heavy atom. The smallest absolute Gasteiger partial charge is 0.0876 e. The third kappa shape index (κ3) is 9.36. The van der Waals surface area contributed by atoms with Crippen molar-refractivity contribution in [2.45, 2.75) is 96.7 Å². The summed E-state index contributed by atoms with van der Waals surface area (Å²) in [6.45, 7) is 4.47. The maximum Gasteiger partial charge on any atom is 0.0876 e. The summed E-state index contributed by atoms with van der Waals surface area (Å²) in [6, 6.07) is 0. The fourth-order valence-electron chi connectivity index (χ4n) is 2.58. The molecule has 0 aromatic rings. The van der Waals surface area contributed by atoms with E-state index in [4.69, 9.17) is 4.74 Å². The zero-order valence-corrected chi connectivity index (χ0v) is 13.7. The summed E-state index contributed by atoms with van der Waals surface area (Å²) in [6.07, 6.45) is 24.7. The van der Waals surface area contributed by atoms with Gasteiger partial charge >= 0.3 is 0 Å². The van der Waals surface area contributed by atoms with Gasteiger partial charge in [-0.3, -0.25) is 0 Å². The van der Waals surface area contributed by atoms with Crippen LogP contribution in [0, 0.1) is 0 Å². The molecule has 1 fully saturated rings. The van der Waals surface area contributed by atoms with Crippen LogP contribution in [0.3, 0.4) is 0 Å². The zero-order chi connectivity index (χ0) is 14.5. The molecule has 0 aromatic carbocycles. The van der Waals surface area contributed by atoms with Crippen LogP contribution in [0.4, 0.5) is 0 Å². The lowest BCUT2D eigenvalue weighted by Gasteiger charge is -1.98. The number of rotatable bonds is 13. The van der Waals surface area contributed by atoms with E-state index in [9.17, 15) is 0 Å². The first kappa shape index (κ1) is 17.5. The van der Waals surface area contributed by atoms with E-state index in [2.05, 4.69) is 38.2 Å². The number of hydrogen-bond donors (Lipinski definition) is 0. The number of allylic oxidation sites excluding steroid dienone is 3. The Balaban J connectivity index is 1.79. The predicted octanol–water partition coefficient (Wildman–Crippen LogP) is 6.20. The molecular formula is C19H34O. The summed E-state index contributed by atoms with van der Waals surface area (Å²) in [4.78, 5) is 0. The monoisotopic (exact) mass is 278 g/mol. The van der Waals surface area contributed by atoms with E-state index in [1.807, 2.05) is 0 Å². The molecule has 1 saturated heterocycles. The summed E-state index contributed by atoms with van der Waals surface area (Å²) < 4.78 is 5.50. The molecule has 1 aliphatic rings. The molecule has 0 spiro atoms. The van der Waals surface area contributed by atoms with E-state index >= 15 is 0 Å². The van der Waals surface area contributed by atoms with Gasteiger partial charge < -0.3 is 4.74 Å². The minimum atomic E-state index is 0.521. The quantitative estimate of drug-likeness (QED) is 0.222. The fraction of sp³-hybridized carbons (Fsp3) is 0.789. The van der Waals surface area contributed by atoms with Gasteiger partial charge in [-0.15, -0.1) is 0 Å². The molecule has 0 N–H and O–H groups in total. The molecule has 2 unspecified atom stereocenters. The molecule has 0 radical (unpaired) electrons. The Morgan fingerprint density at radius 2 is 1.45 bits per heavy atom. The van der Waals surface area contributed by atoms with Crippen LogP contribution in [0.5, 0.6) is 0 Å².